The van der Waals surface area contributed by atoms with Crippen molar-refractivity contribution in [2.75, 3.05) is 22.8 Å². The summed E-state index contributed by atoms with van der Waals surface area (Å²) in [6.07, 6.45) is 0. The minimum Gasteiger partial charge on any atom is -0.462 e. The quantitative estimate of drug-likeness (QED) is 0.475. The Morgan fingerprint density at radius 1 is 0.941 bits per heavy atom. The average Bonchev–Trinajstić information content (AvgIpc) is 2.80. The van der Waals surface area contributed by atoms with E-state index in [0.29, 0.717) is 16.9 Å². The number of amides is 1. The van der Waals surface area contributed by atoms with E-state index in [4.69, 9.17) is 4.74 Å². The summed E-state index contributed by atoms with van der Waals surface area (Å²) in [7, 11) is -4.03. The summed E-state index contributed by atoms with van der Waals surface area (Å²) in [5.74, 6) is -1.05. The van der Waals surface area contributed by atoms with Gasteiger partial charge in [0.1, 0.15) is 6.54 Å². The Hall–Kier alpha value is -3.65. The van der Waals surface area contributed by atoms with Crippen molar-refractivity contribution in [1.29, 1.82) is 0 Å². The van der Waals surface area contributed by atoms with Crippen LogP contribution in [0.2, 0.25) is 0 Å². The molecule has 0 fully saturated rings. The summed E-state index contributed by atoms with van der Waals surface area (Å²) in [4.78, 5) is 25.1. The Kier molecular flexibility index (Phi) is 7.73. The molecule has 1 amide bonds. The maximum Gasteiger partial charge on any atom is 0.338 e. The molecule has 0 saturated heterocycles. The van der Waals surface area contributed by atoms with Gasteiger partial charge in [-0.1, -0.05) is 35.9 Å². The maximum absolute atomic E-state index is 13.6. The molecule has 3 aromatic rings. The van der Waals surface area contributed by atoms with E-state index in [-0.39, 0.29) is 11.5 Å². The molecule has 3 aromatic carbocycles. The number of aryl methyl sites for hydroxylation is 2. The molecule has 8 heteroatoms. The van der Waals surface area contributed by atoms with Crippen molar-refractivity contribution in [2.24, 2.45) is 0 Å². The highest BCUT2D eigenvalue weighted by Crippen LogP contribution is 2.29. The molecule has 0 heterocycles. The summed E-state index contributed by atoms with van der Waals surface area (Å²) in [6.45, 7) is 7.08. The number of rotatable bonds is 8. The van der Waals surface area contributed by atoms with Crippen LogP contribution in [-0.2, 0) is 19.6 Å². The number of nitrogens with one attached hydrogen (secondary N) is 1. The number of carbonyl (C=O) groups excluding carboxylic acids is 2. The second-order valence-electron chi connectivity index (χ2n) is 7.89. The second kappa shape index (κ2) is 10.5. The zero-order chi connectivity index (χ0) is 24.9. The minimum absolute atomic E-state index is 0.0936. The fourth-order valence-corrected chi connectivity index (χ4v) is 4.89. The molecule has 0 atom stereocenters. The predicted octanol–water partition coefficient (Wildman–Crippen LogP) is 4.62. The Labute approximate surface area is 200 Å². The molecule has 0 aromatic heterocycles. The molecule has 0 bridgehead atoms. The van der Waals surface area contributed by atoms with E-state index in [0.717, 1.165) is 21.0 Å². The topological polar surface area (TPSA) is 92.8 Å². The molecule has 1 N–H and O–H groups in total. The monoisotopic (exact) mass is 480 g/mol. The van der Waals surface area contributed by atoms with Gasteiger partial charge in [0, 0.05) is 5.69 Å². The lowest BCUT2D eigenvalue weighted by Gasteiger charge is -2.26. The van der Waals surface area contributed by atoms with Gasteiger partial charge in [0.15, 0.2) is 0 Å². The van der Waals surface area contributed by atoms with Gasteiger partial charge in [-0.3, -0.25) is 9.10 Å². The van der Waals surface area contributed by atoms with E-state index < -0.39 is 28.4 Å². The van der Waals surface area contributed by atoms with Gasteiger partial charge in [-0.25, -0.2) is 13.2 Å². The zero-order valence-corrected chi connectivity index (χ0v) is 20.5. The van der Waals surface area contributed by atoms with Crippen molar-refractivity contribution >= 4 is 33.3 Å². The molecule has 34 heavy (non-hydrogen) atoms. The molecule has 7 nitrogen and oxygen atoms in total. The van der Waals surface area contributed by atoms with Gasteiger partial charge in [0.05, 0.1) is 22.8 Å². The summed E-state index contributed by atoms with van der Waals surface area (Å²) in [6, 6.07) is 18.1. The third-order valence-corrected chi connectivity index (χ3v) is 7.17. The number of nitrogens with zero attached hydrogens (tertiary/aromatic N) is 1. The van der Waals surface area contributed by atoms with Crippen LogP contribution in [0.3, 0.4) is 0 Å². The van der Waals surface area contributed by atoms with Crippen molar-refractivity contribution < 1.29 is 22.7 Å². The Bertz CT molecular complexity index is 1300. The van der Waals surface area contributed by atoms with E-state index in [9.17, 15) is 18.0 Å². The van der Waals surface area contributed by atoms with Crippen molar-refractivity contribution in [2.45, 2.75) is 32.6 Å². The summed E-state index contributed by atoms with van der Waals surface area (Å²) in [5, 5.41) is 2.69. The number of ether oxygens (including phenoxy) is 1. The van der Waals surface area contributed by atoms with Crippen LogP contribution in [0, 0.1) is 20.8 Å². The molecule has 0 aliphatic rings. The minimum atomic E-state index is -4.03. The molecule has 3 rings (SSSR count). The molecular weight excluding hydrogens is 452 g/mol. The molecule has 0 spiro atoms. The summed E-state index contributed by atoms with van der Waals surface area (Å²) < 4.78 is 33.3. The van der Waals surface area contributed by atoms with E-state index in [2.05, 4.69) is 5.32 Å². The molecule has 0 aliphatic heterocycles. The SMILES string of the molecule is CCOC(=O)c1cccc(NC(=O)CN(c2cccc(C)c2C)S(=O)(=O)c2ccc(C)cc2)c1. The number of hydrogen-bond acceptors (Lipinski definition) is 5. The third kappa shape index (κ3) is 5.63. The van der Waals surface area contributed by atoms with Gasteiger partial charge in [-0.2, -0.15) is 0 Å². The fourth-order valence-electron chi connectivity index (χ4n) is 3.41. The Balaban J connectivity index is 1.94. The molecule has 0 radical (unpaired) electrons. The first-order chi connectivity index (χ1) is 16.1. The van der Waals surface area contributed by atoms with Crippen molar-refractivity contribution in [1.82, 2.24) is 0 Å². The van der Waals surface area contributed by atoms with Crippen LogP contribution in [0.4, 0.5) is 11.4 Å². The zero-order valence-electron chi connectivity index (χ0n) is 19.7. The van der Waals surface area contributed by atoms with Gasteiger partial charge in [0.2, 0.25) is 5.91 Å². The van der Waals surface area contributed by atoms with E-state index in [1.165, 1.54) is 18.2 Å². The fraction of sp³-hybridized carbons (Fsp3) is 0.231. The first-order valence-corrected chi connectivity index (χ1v) is 12.3. The van der Waals surface area contributed by atoms with E-state index >= 15 is 0 Å². The predicted molar refractivity (Wildman–Crippen MR) is 133 cm³/mol. The van der Waals surface area contributed by atoms with Crippen molar-refractivity contribution in [3.05, 3.63) is 89.0 Å². The van der Waals surface area contributed by atoms with Crippen LogP contribution in [0.15, 0.2) is 71.6 Å². The van der Waals surface area contributed by atoms with E-state index in [1.54, 1.807) is 49.4 Å². The number of esters is 1. The van der Waals surface area contributed by atoms with Gasteiger partial charge in [-0.15, -0.1) is 0 Å². The van der Waals surface area contributed by atoms with Crippen LogP contribution in [0.25, 0.3) is 0 Å². The number of anilines is 2. The second-order valence-corrected chi connectivity index (χ2v) is 9.76. The van der Waals surface area contributed by atoms with Gasteiger partial charge in [0.25, 0.3) is 10.0 Å². The van der Waals surface area contributed by atoms with E-state index in [1.807, 2.05) is 26.8 Å². The molecule has 0 aliphatic carbocycles. The molecular formula is C26H28N2O5S. The molecule has 0 unspecified atom stereocenters. The standard InChI is InChI=1S/C26H28N2O5S/c1-5-33-26(30)21-9-7-10-22(16-21)27-25(29)17-28(24-11-6-8-19(3)20(24)4)34(31,32)23-14-12-18(2)13-15-23/h6-16H,5,17H2,1-4H3,(H,27,29). The number of benzene rings is 3. The number of carbonyl (C=O) groups is 2. The maximum atomic E-state index is 13.6. The lowest BCUT2D eigenvalue weighted by Crippen LogP contribution is -2.38. The van der Waals surface area contributed by atoms with Crippen molar-refractivity contribution in [3.8, 4) is 0 Å². The first kappa shape index (κ1) is 25.0. The van der Waals surface area contributed by atoms with Crippen LogP contribution < -0.4 is 9.62 Å². The summed E-state index contributed by atoms with van der Waals surface area (Å²) >= 11 is 0. The molecule has 0 saturated carbocycles. The number of sulfonamides is 1. The smallest absolute Gasteiger partial charge is 0.338 e. The third-order valence-electron chi connectivity index (χ3n) is 5.40. The lowest BCUT2D eigenvalue weighted by atomic mass is 10.1. The van der Waals surface area contributed by atoms with Crippen LogP contribution in [-0.4, -0.2) is 33.4 Å². The average molecular weight is 481 g/mol. The van der Waals surface area contributed by atoms with Gasteiger partial charge < -0.3 is 10.1 Å². The summed E-state index contributed by atoms with van der Waals surface area (Å²) in [5.41, 5.74) is 3.68. The Morgan fingerprint density at radius 2 is 1.62 bits per heavy atom. The number of hydrogen-bond donors (Lipinski definition) is 1. The highest BCUT2D eigenvalue weighted by molar-refractivity contribution is 7.92. The highest BCUT2D eigenvalue weighted by Gasteiger charge is 2.28. The van der Waals surface area contributed by atoms with Crippen LogP contribution in [0.5, 0.6) is 0 Å². The van der Waals surface area contributed by atoms with Gasteiger partial charge in [-0.05, 0) is 75.2 Å². The van der Waals surface area contributed by atoms with Crippen molar-refractivity contribution in [3.63, 3.8) is 0 Å². The highest BCUT2D eigenvalue weighted by atomic mass is 32.2. The first-order valence-electron chi connectivity index (χ1n) is 10.9. The van der Waals surface area contributed by atoms with Crippen LogP contribution in [0.1, 0.15) is 34.0 Å². The molecule has 178 valence electrons. The largest absolute Gasteiger partial charge is 0.462 e. The van der Waals surface area contributed by atoms with Gasteiger partial charge >= 0.3 is 5.97 Å². The Morgan fingerprint density at radius 3 is 2.29 bits per heavy atom. The normalized spacial score (nSPS) is 11.1. The lowest BCUT2D eigenvalue weighted by molar-refractivity contribution is -0.114. The van der Waals surface area contributed by atoms with Crippen LogP contribution >= 0.6 is 0 Å².